The molecule has 0 saturated carbocycles. The lowest BCUT2D eigenvalue weighted by Crippen LogP contribution is -2.71. The molecule has 5 heterocycles. The predicted molar refractivity (Wildman–Crippen MR) is 171 cm³/mol. The smallest absolute Gasteiger partial charge is 0.281 e. The largest absolute Gasteiger partial charge is 0.349 e. The number of aromatic amines is 1. The first kappa shape index (κ1) is 31.3. The number of likely N-dealkylation sites (N-methyl/N-ethyl adjacent to an activating group) is 1. The summed E-state index contributed by atoms with van der Waals surface area (Å²) in [5.41, 5.74) is 2.68. The second-order valence-electron chi connectivity index (χ2n) is 13.7. The van der Waals surface area contributed by atoms with Crippen LogP contribution in [0.4, 0.5) is 0 Å². The van der Waals surface area contributed by atoms with Crippen molar-refractivity contribution in [2.75, 3.05) is 20.1 Å². The van der Waals surface area contributed by atoms with Crippen LogP contribution in [-0.2, 0) is 25.5 Å². The second-order valence-corrected chi connectivity index (χ2v) is 14.5. The van der Waals surface area contributed by atoms with Gasteiger partial charge in [0.2, 0.25) is 17.5 Å². The number of piperazine rings is 1. The van der Waals surface area contributed by atoms with E-state index in [1.54, 1.807) is 18.7 Å². The number of nitrogens with one attached hydrogen (secondary N) is 2. The summed E-state index contributed by atoms with van der Waals surface area (Å²) in [6.45, 7) is 8.57. The van der Waals surface area contributed by atoms with E-state index in [1.165, 1.54) is 15.8 Å². The lowest BCUT2D eigenvalue weighted by molar-refractivity contribution is -0.322. The number of rotatable bonds is 5. The van der Waals surface area contributed by atoms with Gasteiger partial charge in [0.1, 0.15) is 12.1 Å². The Kier molecular flexibility index (Phi) is 7.58. The summed E-state index contributed by atoms with van der Waals surface area (Å²) in [5.74, 6) is -4.01. The van der Waals surface area contributed by atoms with Gasteiger partial charge >= 0.3 is 0 Å². The first-order valence-electron chi connectivity index (χ1n) is 15.5. The Balaban J connectivity index is 0.00000343. The molecule has 2 aromatic rings. The van der Waals surface area contributed by atoms with Crippen molar-refractivity contribution in [2.45, 2.75) is 90.6 Å². The standard InChI is InChI=1S/C32H40BrN5O5.CH4/c1-16(2)12-24-29(40)37-11-7-10-25(37)32(42)38(24)30(41)31(43-32,17(3)4)35-28(39)18-13-20-19-8-6-9-22-26(19)21(27(33)34-22)14-23(20)36(5)15-18;/h6,8-9,13,16-18,23-25,34,42H,7,10-12,14-15H2,1-5H3,(H,35,39);1H4/t18-,23-,24+,25+,31-,32+;/m1./s1. The molecule has 6 atom stereocenters. The van der Waals surface area contributed by atoms with E-state index >= 15 is 0 Å². The van der Waals surface area contributed by atoms with Gasteiger partial charge in [0.05, 0.1) is 10.5 Å². The minimum Gasteiger partial charge on any atom is -0.349 e. The molecular weight excluding hydrogens is 626 g/mol. The summed E-state index contributed by atoms with van der Waals surface area (Å²) in [7, 11) is 2.03. The van der Waals surface area contributed by atoms with Crippen molar-refractivity contribution in [1.29, 1.82) is 0 Å². The Hall–Kier alpha value is -2.73. The van der Waals surface area contributed by atoms with Gasteiger partial charge in [-0.05, 0) is 77.3 Å². The molecule has 11 heteroatoms. The van der Waals surface area contributed by atoms with Crippen LogP contribution in [0.5, 0.6) is 0 Å². The summed E-state index contributed by atoms with van der Waals surface area (Å²) >= 11 is 3.70. The fourth-order valence-electron chi connectivity index (χ4n) is 8.15. The number of benzene rings is 1. The lowest BCUT2D eigenvalue weighted by Gasteiger charge is -2.49. The first-order chi connectivity index (χ1) is 20.4. The number of carbonyl (C=O) groups is 3. The fourth-order valence-corrected chi connectivity index (χ4v) is 8.72. The van der Waals surface area contributed by atoms with Gasteiger partial charge in [-0.1, -0.05) is 53.3 Å². The molecule has 3 saturated heterocycles. The van der Waals surface area contributed by atoms with Crippen LogP contribution in [0.1, 0.15) is 65.5 Å². The predicted octanol–water partition coefficient (Wildman–Crippen LogP) is 3.83. The molecule has 0 spiro atoms. The van der Waals surface area contributed by atoms with E-state index in [-0.39, 0.29) is 31.2 Å². The number of hydrogen-bond donors (Lipinski definition) is 3. The SMILES string of the molecule is C.CC(C)C[C@H]1C(=O)N2CCC[C@H]2[C@]2(O)O[C@](NC(=O)[C@@H]3C=C4c5cccc6[nH]c(Br)c(c56)C[C@H]4N(C)C3)(C(C)C)C(=O)N12. The van der Waals surface area contributed by atoms with Gasteiger partial charge in [0.25, 0.3) is 11.8 Å². The molecule has 0 unspecified atom stereocenters. The molecule has 44 heavy (non-hydrogen) atoms. The van der Waals surface area contributed by atoms with Gasteiger partial charge in [0.15, 0.2) is 0 Å². The quantitative estimate of drug-likeness (QED) is 0.446. The highest BCUT2D eigenvalue weighted by atomic mass is 79.9. The van der Waals surface area contributed by atoms with Crippen LogP contribution in [0.3, 0.4) is 0 Å². The van der Waals surface area contributed by atoms with Crippen molar-refractivity contribution in [2.24, 2.45) is 17.8 Å². The third-order valence-corrected chi connectivity index (χ3v) is 10.9. The number of nitrogens with zero attached hydrogens (tertiary/aromatic N) is 3. The zero-order chi connectivity index (χ0) is 30.6. The summed E-state index contributed by atoms with van der Waals surface area (Å²) in [4.78, 5) is 50.8. The summed E-state index contributed by atoms with van der Waals surface area (Å²) in [6, 6.07) is 4.76. The number of aromatic nitrogens is 1. The second kappa shape index (κ2) is 10.7. The molecule has 1 aromatic carbocycles. The number of fused-ring (bicyclic) bond motifs is 5. The van der Waals surface area contributed by atoms with E-state index < -0.39 is 41.5 Å². The number of H-pyrrole nitrogens is 1. The normalized spacial score (nSPS) is 33.0. The maximum absolute atomic E-state index is 14.4. The number of hydrogen-bond acceptors (Lipinski definition) is 6. The maximum Gasteiger partial charge on any atom is 0.281 e. The number of aliphatic hydroxyl groups is 1. The zero-order valence-electron chi connectivity index (χ0n) is 25.3. The van der Waals surface area contributed by atoms with Gasteiger partial charge in [-0.3, -0.25) is 28.9 Å². The Morgan fingerprint density at radius 1 is 1.25 bits per heavy atom. The van der Waals surface area contributed by atoms with E-state index in [0.29, 0.717) is 25.9 Å². The van der Waals surface area contributed by atoms with Gasteiger partial charge in [-0.15, -0.1) is 0 Å². The highest BCUT2D eigenvalue weighted by molar-refractivity contribution is 9.10. The van der Waals surface area contributed by atoms with Crippen LogP contribution < -0.4 is 5.32 Å². The molecule has 4 aliphatic heterocycles. The Morgan fingerprint density at radius 3 is 2.70 bits per heavy atom. The first-order valence-corrected chi connectivity index (χ1v) is 16.3. The molecule has 0 bridgehead atoms. The molecule has 10 nitrogen and oxygen atoms in total. The molecule has 1 aromatic heterocycles. The highest BCUT2D eigenvalue weighted by Crippen LogP contribution is 2.49. The lowest BCUT2D eigenvalue weighted by atomic mass is 9.79. The highest BCUT2D eigenvalue weighted by Gasteiger charge is 2.72. The summed E-state index contributed by atoms with van der Waals surface area (Å²) in [5, 5.41) is 16.3. The molecular formula is C33H44BrN5O5. The van der Waals surface area contributed by atoms with Crippen molar-refractivity contribution < 1.29 is 24.2 Å². The molecule has 238 valence electrons. The Morgan fingerprint density at radius 2 is 2.00 bits per heavy atom. The average molecular weight is 671 g/mol. The van der Waals surface area contributed by atoms with E-state index in [9.17, 15) is 19.5 Å². The summed E-state index contributed by atoms with van der Waals surface area (Å²) < 4.78 is 7.43. The summed E-state index contributed by atoms with van der Waals surface area (Å²) in [6.07, 6.45) is 4.49. The van der Waals surface area contributed by atoms with E-state index in [1.807, 2.05) is 33.0 Å². The van der Waals surface area contributed by atoms with Crippen molar-refractivity contribution in [3.63, 3.8) is 0 Å². The maximum atomic E-state index is 14.4. The minimum absolute atomic E-state index is 0. The van der Waals surface area contributed by atoms with Crippen molar-refractivity contribution >= 4 is 50.1 Å². The third-order valence-electron chi connectivity index (χ3n) is 10.3. The van der Waals surface area contributed by atoms with Gasteiger partial charge < -0.3 is 20.3 Å². The monoisotopic (exact) mass is 669 g/mol. The van der Waals surface area contributed by atoms with Gasteiger partial charge in [0, 0.05) is 36.0 Å². The molecule has 1 aliphatic carbocycles. The van der Waals surface area contributed by atoms with E-state index in [2.05, 4.69) is 43.3 Å². The van der Waals surface area contributed by atoms with Crippen molar-refractivity contribution in [1.82, 2.24) is 25.0 Å². The van der Waals surface area contributed by atoms with Crippen LogP contribution in [0, 0.1) is 17.8 Å². The van der Waals surface area contributed by atoms with Crippen molar-refractivity contribution in [3.8, 4) is 0 Å². The Labute approximate surface area is 267 Å². The van der Waals surface area contributed by atoms with Crippen LogP contribution in [0.15, 0.2) is 28.9 Å². The minimum atomic E-state index is -2.01. The van der Waals surface area contributed by atoms with Gasteiger partial charge in [-0.2, -0.15) is 0 Å². The van der Waals surface area contributed by atoms with E-state index in [0.717, 1.165) is 34.1 Å². The number of halogens is 1. The zero-order valence-corrected chi connectivity index (χ0v) is 26.9. The molecule has 3 amide bonds. The third kappa shape index (κ3) is 4.25. The van der Waals surface area contributed by atoms with Crippen LogP contribution in [0.25, 0.3) is 16.5 Å². The number of amides is 3. The van der Waals surface area contributed by atoms with Crippen molar-refractivity contribution in [3.05, 3.63) is 40.0 Å². The van der Waals surface area contributed by atoms with Crippen LogP contribution >= 0.6 is 15.9 Å². The molecule has 3 fully saturated rings. The number of carbonyl (C=O) groups excluding carboxylic acids is 3. The number of ether oxygens (including phenoxy) is 1. The van der Waals surface area contributed by atoms with E-state index in [4.69, 9.17) is 4.74 Å². The van der Waals surface area contributed by atoms with Crippen LogP contribution in [0.2, 0.25) is 0 Å². The topological polar surface area (TPSA) is 118 Å². The van der Waals surface area contributed by atoms with Crippen LogP contribution in [-0.4, -0.2) is 92.4 Å². The molecule has 5 aliphatic rings. The fraction of sp³-hybridized carbons (Fsp3) is 0.606. The molecule has 0 radical (unpaired) electrons. The van der Waals surface area contributed by atoms with Gasteiger partial charge in [-0.25, -0.2) is 0 Å². The molecule has 3 N–H and O–H groups in total. The molecule has 7 rings (SSSR count). The average Bonchev–Trinajstić information content (AvgIpc) is 3.63. The Bertz CT molecular complexity index is 1570.